The van der Waals surface area contributed by atoms with Crippen LogP contribution in [0.15, 0.2) is 28.7 Å². The fourth-order valence-electron chi connectivity index (χ4n) is 1.92. The van der Waals surface area contributed by atoms with Crippen molar-refractivity contribution in [1.29, 1.82) is 0 Å². The first-order valence-electron chi connectivity index (χ1n) is 5.39. The van der Waals surface area contributed by atoms with Gasteiger partial charge in [0.1, 0.15) is 0 Å². The van der Waals surface area contributed by atoms with E-state index in [-0.39, 0.29) is 5.54 Å². The molecule has 1 saturated heterocycles. The molecule has 2 rings (SSSR count). The van der Waals surface area contributed by atoms with E-state index in [1.54, 1.807) is 0 Å². The number of benzene rings is 1. The summed E-state index contributed by atoms with van der Waals surface area (Å²) in [6.45, 7) is 5.40. The van der Waals surface area contributed by atoms with Gasteiger partial charge in [0.05, 0.1) is 0 Å². The molecule has 0 aliphatic carbocycles. The molecule has 2 N–H and O–H groups in total. The van der Waals surface area contributed by atoms with E-state index < -0.39 is 0 Å². The second-order valence-electron chi connectivity index (χ2n) is 4.43. The van der Waals surface area contributed by atoms with Gasteiger partial charge in [0, 0.05) is 23.1 Å². The van der Waals surface area contributed by atoms with Crippen molar-refractivity contribution in [2.75, 3.05) is 13.1 Å². The van der Waals surface area contributed by atoms with Crippen molar-refractivity contribution in [1.82, 2.24) is 10.6 Å². The molecule has 0 aromatic heterocycles. The molecule has 1 aromatic rings. The summed E-state index contributed by atoms with van der Waals surface area (Å²) >= 11 is 3.57. The molecule has 0 bridgehead atoms. The van der Waals surface area contributed by atoms with Gasteiger partial charge >= 0.3 is 0 Å². The van der Waals surface area contributed by atoms with Crippen molar-refractivity contribution in [3.8, 4) is 0 Å². The molecule has 1 atom stereocenters. The van der Waals surface area contributed by atoms with Crippen molar-refractivity contribution in [2.45, 2.75) is 25.4 Å². The summed E-state index contributed by atoms with van der Waals surface area (Å²) in [5, 5.41) is 7.01. The fraction of sp³-hybridized carbons (Fsp3) is 0.500. The Kier molecular flexibility index (Phi) is 3.44. The van der Waals surface area contributed by atoms with Crippen LogP contribution >= 0.6 is 15.9 Å². The topological polar surface area (TPSA) is 24.1 Å². The zero-order chi connectivity index (χ0) is 10.7. The maximum Gasteiger partial charge on any atom is 0.0293 e. The quantitative estimate of drug-likeness (QED) is 0.879. The highest BCUT2D eigenvalue weighted by Crippen LogP contribution is 2.18. The van der Waals surface area contributed by atoms with Crippen LogP contribution in [0, 0.1) is 0 Å². The van der Waals surface area contributed by atoms with E-state index >= 15 is 0 Å². The van der Waals surface area contributed by atoms with Gasteiger partial charge in [0.15, 0.2) is 0 Å². The number of hydrogen-bond acceptors (Lipinski definition) is 2. The third-order valence-electron chi connectivity index (χ3n) is 3.03. The maximum absolute atomic E-state index is 3.62. The van der Waals surface area contributed by atoms with E-state index in [4.69, 9.17) is 0 Å². The molecule has 0 spiro atoms. The lowest BCUT2D eigenvalue weighted by molar-refractivity contribution is 0.385. The molecular weight excluding hydrogens is 252 g/mol. The summed E-state index contributed by atoms with van der Waals surface area (Å²) in [5.41, 5.74) is 1.58. The standard InChI is InChI=1S/C12H17BrN2/c1-12(6-7-14-9-12)15-8-10-4-2-3-5-11(10)13/h2-5,14-15H,6-9H2,1H3. The molecule has 2 nitrogen and oxygen atoms in total. The lowest BCUT2D eigenvalue weighted by Crippen LogP contribution is -2.43. The van der Waals surface area contributed by atoms with Gasteiger partial charge in [-0.05, 0) is 31.5 Å². The predicted molar refractivity (Wildman–Crippen MR) is 66.9 cm³/mol. The Balaban J connectivity index is 1.95. The zero-order valence-corrected chi connectivity index (χ0v) is 10.6. The lowest BCUT2D eigenvalue weighted by atomic mass is 10.0. The van der Waals surface area contributed by atoms with Crippen LogP contribution in [-0.2, 0) is 6.54 Å². The fourth-order valence-corrected chi connectivity index (χ4v) is 2.34. The summed E-state index contributed by atoms with van der Waals surface area (Å²) < 4.78 is 1.19. The number of hydrogen-bond donors (Lipinski definition) is 2. The first-order valence-corrected chi connectivity index (χ1v) is 6.18. The number of rotatable bonds is 3. The van der Waals surface area contributed by atoms with Crippen LogP contribution in [0.3, 0.4) is 0 Å². The second-order valence-corrected chi connectivity index (χ2v) is 5.29. The highest BCUT2D eigenvalue weighted by atomic mass is 79.9. The van der Waals surface area contributed by atoms with E-state index in [1.807, 2.05) is 6.07 Å². The molecule has 0 saturated carbocycles. The van der Waals surface area contributed by atoms with Gasteiger partial charge in [-0.25, -0.2) is 0 Å². The molecular formula is C12H17BrN2. The van der Waals surface area contributed by atoms with Crippen molar-refractivity contribution in [2.24, 2.45) is 0 Å². The first kappa shape index (κ1) is 11.1. The minimum Gasteiger partial charge on any atom is -0.315 e. The normalized spacial score (nSPS) is 25.7. The van der Waals surface area contributed by atoms with Crippen LogP contribution in [0.1, 0.15) is 18.9 Å². The van der Waals surface area contributed by atoms with Crippen LogP contribution in [0.4, 0.5) is 0 Å². The van der Waals surface area contributed by atoms with Crippen LogP contribution in [0.25, 0.3) is 0 Å². The van der Waals surface area contributed by atoms with Gasteiger partial charge in [-0.1, -0.05) is 34.1 Å². The van der Waals surface area contributed by atoms with Gasteiger partial charge in [0.2, 0.25) is 0 Å². The maximum atomic E-state index is 3.62. The molecule has 1 fully saturated rings. The molecule has 1 aliphatic heterocycles. The van der Waals surface area contributed by atoms with Crippen LogP contribution < -0.4 is 10.6 Å². The van der Waals surface area contributed by atoms with Crippen molar-refractivity contribution in [3.05, 3.63) is 34.3 Å². The third-order valence-corrected chi connectivity index (χ3v) is 3.81. The highest BCUT2D eigenvalue weighted by Gasteiger charge is 2.27. The summed E-state index contributed by atoms with van der Waals surface area (Å²) in [7, 11) is 0. The SMILES string of the molecule is CC1(NCc2ccccc2Br)CCNC1. The smallest absolute Gasteiger partial charge is 0.0293 e. The molecule has 0 radical (unpaired) electrons. The van der Waals surface area contributed by atoms with Crippen molar-refractivity contribution >= 4 is 15.9 Å². The van der Waals surface area contributed by atoms with E-state index in [0.29, 0.717) is 0 Å². The Hall–Kier alpha value is -0.380. The summed E-state index contributed by atoms with van der Waals surface area (Å²) in [5.74, 6) is 0. The first-order chi connectivity index (χ1) is 7.20. The molecule has 1 heterocycles. The molecule has 0 amide bonds. The van der Waals surface area contributed by atoms with Crippen LogP contribution in [-0.4, -0.2) is 18.6 Å². The van der Waals surface area contributed by atoms with Crippen LogP contribution in [0.5, 0.6) is 0 Å². The molecule has 1 unspecified atom stereocenters. The Morgan fingerprint density at radius 2 is 2.27 bits per heavy atom. The number of halogens is 1. The van der Waals surface area contributed by atoms with Crippen molar-refractivity contribution < 1.29 is 0 Å². The van der Waals surface area contributed by atoms with E-state index in [0.717, 1.165) is 19.6 Å². The largest absolute Gasteiger partial charge is 0.315 e. The van der Waals surface area contributed by atoms with Gasteiger partial charge in [0.25, 0.3) is 0 Å². The Labute approximate surface area is 99.6 Å². The summed E-state index contributed by atoms with van der Waals surface area (Å²) in [6.07, 6.45) is 1.21. The predicted octanol–water partition coefficient (Wildman–Crippen LogP) is 2.29. The minimum absolute atomic E-state index is 0.259. The van der Waals surface area contributed by atoms with E-state index in [2.05, 4.69) is 51.7 Å². The van der Waals surface area contributed by atoms with Crippen molar-refractivity contribution in [3.63, 3.8) is 0 Å². The summed E-state index contributed by atoms with van der Waals surface area (Å²) in [4.78, 5) is 0. The molecule has 3 heteroatoms. The Morgan fingerprint density at radius 1 is 1.47 bits per heavy atom. The highest BCUT2D eigenvalue weighted by molar-refractivity contribution is 9.10. The van der Waals surface area contributed by atoms with Gasteiger partial charge in [-0.2, -0.15) is 0 Å². The van der Waals surface area contributed by atoms with E-state index in [1.165, 1.54) is 16.5 Å². The average molecular weight is 269 g/mol. The lowest BCUT2D eigenvalue weighted by Gasteiger charge is -2.24. The Morgan fingerprint density at radius 3 is 2.93 bits per heavy atom. The van der Waals surface area contributed by atoms with Gasteiger partial charge in [-0.3, -0.25) is 0 Å². The van der Waals surface area contributed by atoms with Crippen LogP contribution in [0.2, 0.25) is 0 Å². The van der Waals surface area contributed by atoms with Gasteiger partial charge in [-0.15, -0.1) is 0 Å². The summed E-state index contributed by atoms with van der Waals surface area (Å²) in [6, 6.07) is 8.37. The second kappa shape index (κ2) is 4.64. The molecule has 1 aromatic carbocycles. The molecule has 1 aliphatic rings. The monoisotopic (exact) mass is 268 g/mol. The Bertz CT molecular complexity index is 332. The molecule has 15 heavy (non-hydrogen) atoms. The number of nitrogens with one attached hydrogen (secondary N) is 2. The van der Waals surface area contributed by atoms with Gasteiger partial charge < -0.3 is 10.6 Å². The molecule has 82 valence electrons. The van der Waals surface area contributed by atoms with E-state index in [9.17, 15) is 0 Å². The minimum atomic E-state index is 0.259. The third kappa shape index (κ3) is 2.80. The zero-order valence-electron chi connectivity index (χ0n) is 9.02. The average Bonchev–Trinajstić information content (AvgIpc) is 2.65.